The third kappa shape index (κ3) is 3.09. The van der Waals surface area contributed by atoms with Crippen LogP contribution in [0, 0.1) is 13.8 Å². The summed E-state index contributed by atoms with van der Waals surface area (Å²) in [6.07, 6.45) is 2.49. The summed E-state index contributed by atoms with van der Waals surface area (Å²) in [6.45, 7) is 5.95. The molecule has 2 aromatic rings. The van der Waals surface area contributed by atoms with Crippen molar-refractivity contribution in [2.24, 2.45) is 0 Å². The number of nitrogen functional groups attached to an aromatic ring is 1. The quantitative estimate of drug-likeness (QED) is 0.828. The van der Waals surface area contributed by atoms with Gasteiger partial charge in [-0.05, 0) is 43.7 Å². The molecule has 1 aromatic heterocycles. The fourth-order valence-electron chi connectivity index (χ4n) is 2.31. The number of aromatic nitrogens is 3. The maximum atomic E-state index is 12.7. The molecule has 0 fully saturated rings. The van der Waals surface area contributed by atoms with Crippen molar-refractivity contribution in [3.63, 3.8) is 0 Å². The minimum absolute atomic E-state index is 0.113. The number of carbonyl (C=O) groups is 1. The average molecular weight is 319 g/mol. The number of hydrogen-bond donors (Lipinski definition) is 2. The first-order valence-corrected chi connectivity index (χ1v) is 8.33. The molecule has 1 heterocycles. The lowest BCUT2D eigenvalue weighted by atomic mass is 10.1. The lowest BCUT2D eigenvalue weighted by Gasteiger charge is -2.19. The van der Waals surface area contributed by atoms with Crippen LogP contribution in [0.5, 0.6) is 0 Å². The van der Waals surface area contributed by atoms with Gasteiger partial charge in [0.2, 0.25) is 11.9 Å². The zero-order valence-electron chi connectivity index (χ0n) is 13.3. The van der Waals surface area contributed by atoms with Crippen LogP contribution in [0.25, 0.3) is 0 Å². The predicted molar refractivity (Wildman–Crippen MR) is 90.1 cm³/mol. The molecule has 7 heteroatoms. The van der Waals surface area contributed by atoms with Crippen LogP contribution in [-0.2, 0) is 4.79 Å². The molecule has 118 valence electrons. The van der Waals surface area contributed by atoms with E-state index < -0.39 is 6.04 Å². The molecule has 0 unspecified atom stereocenters. The molecule has 3 N–H and O–H groups in total. The van der Waals surface area contributed by atoms with Crippen LogP contribution in [0.15, 0.2) is 23.4 Å². The maximum Gasteiger partial charge on any atom is 0.247 e. The van der Waals surface area contributed by atoms with E-state index >= 15 is 0 Å². The summed E-state index contributed by atoms with van der Waals surface area (Å²) in [7, 11) is 0. The summed E-state index contributed by atoms with van der Waals surface area (Å²) >= 11 is 1.42. The molecule has 0 aliphatic heterocycles. The second-order valence-electron chi connectivity index (χ2n) is 5.08. The highest BCUT2D eigenvalue weighted by atomic mass is 32.2. The first kappa shape index (κ1) is 16.4. The van der Waals surface area contributed by atoms with Crippen molar-refractivity contribution in [1.82, 2.24) is 14.8 Å². The van der Waals surface area contributed by atoms with E-state index in [1.807, 2.05) is 45.2 Å². The van der Waals surface area contributed by atoms with Gasteiger partial charge in [-0.3, -0.25) is 9.36 Å². The second-order valence-corrected chi connectivity index (χ2v) is 5.85. The Kier molecular flexibility index (Phi) is 5.07. The number of nitrogens with one attached hydrogen (secondary N) is 1. The van der Waals surface area contributed by atoms with E-state index in [0.717, 1.165) is 16.8 Å². The number of aryl methyl sites for hydroxylation is 1. The third-order valence-electron chi connectivity index (χ3n) is 3.74. The van der Waals surface area contributed by atoms with Gasteiger partial charge < -0.3 is 11.1 Å². The molecule has 0 bridgehead atoms. The Balaban J connectivity index is 2.30. The lowest BCUT2D eigenvalue weighted by Crippen LogP contribution is -2.27. The first-order valence-electron chi connectivity index (χ1n) is 7.11. The molecule has 0 aliphatic rings. The van der Waals surface area contributed by atoms with Gasteiger partial charge >= 0.3 is 0 Å². The van der Waals surface area contributed by atoms with E-state index in [1.54, 1.807) is 4.57 Å². The van der Waals surface area contributed by atoms with Crippen molar-refractivity contribution >= 4 is 29.3 Å². The highest BCUT2D eigenvalue weighted by Gasteiger charge is 2.24. The number of benzene rings is 1. The van der Waals surface area contributed by atoms with Crippen molar-refractivity contribution in [1.29, 1.82) is 0 Å². The molecule has 0 saturated carbocycles. The van der Waals surface area contributed by atoms with Gasteiger partial charge in [0.25, 0.3) is 0 Å². The summed E-state index contributed by atoms with van der Waals surface area (Å²) in [4.78, 5) is 12.7. The van der Waals surface area contributed by atoms with E-state index in [1.165, 1.54) is 11.8 Å². The highest BCUT2D eigenvalue weighted by molar-refractivity contribution is 7.98. The molecule has 1 amide bonds. The van der Waals surface area contributed by atoms with E-state index in [-0.39, 0.29) is 11.9 Å². The second kappa shape index (κ2) is 6.83. The van der Waals surface area contributed by atoms with Crippen molar-refractivity contribution < 1.29 is 4.79 Å². The van der Waals surface area contributed by atoms with Crippen LogP contribution in [-0.4, -0.2) is 26.9 Å². The first-order chi connectivity index (χ1) is 10.5. The number of rotatable bonds is 5. The Labute approximate surface area is 134 Å². The van der Waals surface area contributed by atoms with Crippen molar-refractivity contribution in [2.45, 2.75) is 38.4 Å². The topological polar surface area (TPSA) is 85.8 Å². The molecular weight excluding hydrogens is 298 g/mol. The number of hydrogen-bond acceptors (Lipinski definition) is 5. The number of amides is 1. The summed E-state index contributed by atoms with van der Waals surface area (Å²) in [5.41, 5.74) is 8.90. The number of nitrogens with two attached hydrogens (primary N) is 1. The van der Waals surface area contributed by atoms with Crippen molar-refractivity contribution in [3.05, 3.63) is 29.3 Å². The number of carbonyl (C=O) groups excluding carboxylic acids is 1. The van der Waals surface area contributed by atoms with Crippen molar-refractivity contribution in [2.75, 3.05) is 17.3 Å². The molecule has 2 rings (SSSR count). The lowest BCUT2D eigenvalue weighted by molar-refractivity contribution is -0.119. The van der Waals surface area contributed by atoms with Gasteiger partial charge in [-0.2, -0.15) is 0 Å². The Bertz CT molecular complexity index is 683. The SMILES string of the molecule is CC[C@H](C(=O)Nc1cccc(C)c1C)n1c(N)nnc1SC. The average Bonchev–Trinajstić information content (AvgIpc) is 2.86. The standard InChI is InChI=1S/C15H21N5OS/c1-5-12(20-14(16)18-19-15(20)22-4)13(21)17-11-8-6-7-9(2)10(11)3/h6-8,12H,5H2,1-4H3,(H2,16,18)(H,17,21)/t12-/m1/s1. The highest BCUT2D eigenvalue weighted by Crippen LogP contribution is 2.26. The summed E-state index contributed by atoms with van der Waals surface area (Å²) < 4.78 is 1.69. The van der Waals surface area contributed by atoms with Gasteiger partial charge in [-0.25, -0.2) is 0 Å². The van der Waals surface area contributed by atoms with Crippen LogP contribution in [0.2, 0.25) is 0 Å². The molecular formula is C15H21N5OS. The smallest absolute Gasteiger partial charge is 0.247 e. The molecule has 22 heavy (non-hydrogen) atoms. The van der Waals surface area contributed by atoms with Crippen LogP contribution in [0.3, 0.4) is 0 Å². The Morgan fingerprint density at radius 2 is 2.14 bits per heavy atom. The Morgan fingerprint density at radius 1 is 1.41 bits per heavy atom. The third-order valence-corrected chi connectivity index (χ3v) is 4.38. The molecule has 6 nitrogen and oxygen atoms in total. The zero-order valence-corrected chi connectivity index (χ0v) is 14.1. The van der Waals surface area contributed by atoms with E-state index in [0.29, 0.717) is 11.6 Å². The monoisotopic (exact) mass is 319 g/mol. The summed E-state index contributed by atoms with van der Waals surface area (Å²) in [6, 6.07) is 5.42. The summed E-state index contributed by atoms with van der Waals surface area (Å²) in [5, 5.41) is 11.5. The van der Waals surface area contributed by atoms with Gasteiger partial charge in [0.05, 0.1) is 0 Å². The Morgan fingerprint density at radius 3 is 2.77 bits per heavy atom. The van der Waals surface area contributed by atoms with Crippen LogP contribution >= 0.6 is 11.8 Å². The van der Waals surface area contributed by atoms with E-state index in [9.17, 15) is 4.79 Å². The number of anilines is 2. The molecule has 1 atom stereocenters. The van der Waals surface area contributed by atoms with Crippen LogP contribution < -0.4 is 11.1 Å². The van der Waals surface area contributed by atoms with Gasteiger partial charge in [0.1, 0.15) is 6.04 Å². The molecule has 0 saturated heterocycles. The fourth-order valence-corrected chi connectivity index (χ4v) is 2.85. The summed E-state index contributed by atoms with van der Waals surface area (Å²) in [5.74, 6) is 0.144. The number of nitrogens with zero attached hydrogens (tertiary/aromatic N) is 3. The fraction of sp³-hybridized carbons (Fsp3) is 0.400. The number of thioether (sulfide) groups is 1. The molecule has 0 spiro atoms. The van der Waals surface area contributed by atoms with E-state index in [2.05, 4.69) is 15.5 Å². The van der Waals surface area contributed by atoms with Gasteiger partial charge in [0, 0.05) is 5.69 Å². The molecule has 0 radical (unpaired) electrons. The van der Waals surface area contributed by atoms with Crippen molar-refractivity contribution in [3.8, 4) is 0 Å². The normalized spacial score (nSPS) is 12.2. The van der Waals surface area contributed by atoms with Crippen LogP contribution in [0.1, 0.15) is 30.5 Å². The van der Waals surface area contributed by atoms with Gasteiger partial charge in [-0.1, -0.05) is 30.8 Å². The minimum Gasteiger partial charge on any atom is -0.368 e. The predicted octanol–water partition coefficient (Wildman–Crippen LogP) is 2.79. The minimum atomic E-state index is -0.433. The van der Waals surface area contributed by atoms with E-state index in [4.69, 9.17) is 5.73 Å². The van der Waals surface area contributed by atoms with Gasteiger partial charge in [-0.15, -0.1) is 10.2 Å². The zero-order chi connectivity index (χ0) is 16.3. The van der Waals surface area contributed by atoms with Gasteiger partial charge in [0.15, 0.2) is 5.16 Å². The Hall–Kier alpha value is -2.02. The maximum absolute atomic E-state index is 12.7. The molecule has 1 aromatic carbocycles. The largest absolute Gasteiger partial charge is 0.368 e. The van der Waals surface area contributed by atoms with Crippen LogP contribution in [0.4, 0.5) is 11.6 Å². The molecule has 0 aliphatic carbocycles.